The van der Waals surface area contributed by atoms with Gasteiger partial charge in [0.2, 0.25) is 0 Å². The van der Waals surface area contributed by atoms with Crippen molar-refractivity contribution in [2.24, 2.45) is 0 Å². The van der Waals surface area contributed by atoms with Crippen molar-refractivity contribution >= 4 is 142 Å². The van der Waals surface area contributed by atoms with Crippen molar-refractivity contribution in [3.8, 4) is 0 Å². The summed E-state index contributed by atoms with van der Waals surface area (Å²) in [6.45, 7) is 2.29. The second kappa shape index (κ2) is 18.4. The summed E-state index contributed by atoms with van der Waals surface area (Å²) in [4.78, 5) is 10.5. The molecule has 8 heteroatoms. The molecule has 0 aromatic rings. The number of aliphatic carboxylic acids is 1. The van der Waals surface area contributed by atoms with E-state index < -0.39 is 5.97 Å². The summed E-state index contributed by atoms with van der Waals surface area (Å²) < 4.78 is 4.57. The van der Waals surface area contributed by atoms with Gasteiger partial charge in [0, 0.05) is 30.0 Å². The fourth-order valence-corrected chi connectivity index (χ4v) is 9.22. The van der Waals surface area contributed by atoms with E-state index in [-0.39, 0.29) is 0 Å². The van der Waals surface area contributed by atoms with Crippen molar-refractivity contribution in [3.05, 3.63) is 0 Å². The number of carboxylic acid groups (broad SMARTS) is 1. The van der Waals surface area contributed by atoms with E-state index in [0.717, 1.165) is 36.4 Å². The Labute approximate surface area is 241 Å². The quantitative estimate of drug-likeness (QED) is 0.0955. The molecule has 0 bridgehead atoms. The van der Waals surface area contributed by atoms with E-state index in [1.165, 1.54) is 44.9 Å². The third-order valence-electron chi connectivity index (χ3n) is 4.34. The first-order valence-corrected chi connectivity index (χ1v) is 16.7. The van der Waals surface area contributed by atoms with Gasteiger partial charge >= 0.3 is 5.97 Å². The summed E-state index contributed by atoms with van der Waals surface area (Å²) >= 11 is 15.9. The Hall–Kier alpha value is 3.85. The third-order valence-corrected chi connectivity index (χ3v) is 17.2. The molecule has 1 N–H and O–H groups in total. The molecule has 0 radical (unpaired) electrons. The minimum atomic E-state index is -0.662. The Morgan fingerprint density at radius 1 is 0.692 bits per heavy atom. The van der Waals surface area contributed by atoms with Crippen molar-refractivity contribution in [1.29, 1.82) is 0 Å². The lowest BCUT2D eigenvalue weighted by molar-refractivity contribution is -0.137. The second-order valence-electron chi connectivity index (χ2n) is 6.68. The SMILES string of the molecule is CCC(I)C(I)CC(I)C(I)CC(I)C(I)CCCCCCCC(=O)O. The number of halogens is 6. The molecule has 6 atom stereocenters. The minimum absolute atomic E-state index is 0.327. The summed E-state index contributed by atoms with van der Waals surface area (Å²) in [5, 5.41) is 8.64. The van der Waals surface area contributed by atoms with Crippen LogP contribution < -0.4 is 0 Å². The molecular formula is C18H30I6O2. The van der Waals surface area contributed by atoms with Crippen LogP contribution in [-0.2, 0) is 4.79 Å². The zero-order chi connectivity index (χ0) is 20.1. The average Bonchev–Trinajstić information content (AvgIpc) is 2.59. The maximum Gasteiger partial charge on any atom is 0.303 e. The fourth-order valence-electron chi connectivity index (χ4n) is 2.60. The van der Waals surface area contributed by atoms with Crippen molar-refractivity contribution in [2.75, 3.05) is 0 Å². The predicted molar refractivity (Wildman–Crippen MR) is 166 cm³/mol. The van der Waals surface area contributed by atoms with E-state index in [9.17, 15) is 4.79 Å². The van der Waals surface area contributed by atoms with E-state index >= 15 is 0 Å². The van der Waals surface area contributed by atoms with Gasteiger partial charge in [0.05, 0.1) is 0 Å². The van der Waals surface area contributed by atoms with Crippen molar-refractivity contribution in [3.63, 3.8) is 0 Å². The normalized spacial score (nSPS) is 18.7. The van der Waals surface area contributed by atoms with Crippen LogP contribution in [0, 0.1) is 0 Å². The summed E-state index contributed by atoms with van der Waals surface area (Å²) in [6.07, 6.45) is 11.1. The molecule has 0 aliphatic heterocycles. The molecule has 6 unspecified atom stereocenters. The molecule has 0 fully saturated rings. The molecular weight excluding hydrogens is 1010 g/mol. The van der Waals surface area contributed by atoms with Gasteiger partial charge in [-0.3, -0.25) is 4.79 Å². The Morgan fingerprint density at radius 3 is 1.62 bits per heavy atom. The van der Waals surface area contributed by atoms with Crippen LogP contribution in [0.25, 0.3) is 0 Å². The number of hydrogen-bond donors (Lipinski definition) is 1. The Bertz CT molecular complexity index is 372. The van der Waals surface area contributed by atoms with E-state index in [4.69, 9.17) is 5.11 Å². The van der Waals surface area contributed by atoms with Gasteiger partial charge in [-0.1, -0.05) is 168 Å². The van der Waals surface area contributed by atoms with Gasteiger partial charge in [-0.25, -0.2) is 0 Å². The fraction of sp³-hybridized carbons (Fsp3) is 0.944. The number of alkyl halides is 6. The molecule has 26 heavy (non-hydrogen) atoms. The van der Waals surface area contributed by atoms with Gasteiger partial charge in [-0.15, -0.1) is 0 Å². The number of carboxylic acids is 1. The van der Waals surface area contributed by atoms with Crippen LogP contribution in [0.15, 0.2) is 0 Å². The largest absolute Gasteiger partial charge is 0.481 e. The van der Waals surface area contributed by atoms with Crippen molar-refractivity contribution in [2.45, 2.75) is 94.7 Å². The van der Waals surface area contributed by atoms with E-state index in [1.54, 1.807) is 0 Å². The maximum atomic E-state index is 10.5. The van der Waals surface area contributed by atoms with Crippen LogP contribution >= 0.6 is 136 Å². The van der Waals surface area contributed by atoms with E-state index in [0.29, 0.717) is 6.42 Å². The van der Waals surface area contributed by atoms with Crippen molar-refractivity contribution in [1.82, 2.24) is 0 Å². The zero-order valence-electron chi connectivity index (χ0n) is 15.2. The summed E-state index contributed by atoms with van der Waals surface area (Å²) in [5.74, 6) is -0.662. The van der Waals surface area contributed by atoms with Gasteiger partial charge < -0.3 is 5.11 Å². The number of hydrogen-bond acceptors (Lipinski definition) is 1. The van der Waals surface area contributed by atoms with E-state index in [1.807, 2.05) is 0 Å². The minimum Gasteiger partial charge on any atom is -0.481 e. The molecule has 0 spiro atoms. The molecule has 0 heterocycles. The number of carbonyl (C=O) groups is 1. The zero-order valence-corrected chi connectivity index (χ0v) is 28.1. The van der Waals surface area contributed by atoms with Gasteiger partial charge in [0.1, 0.15) is 0 Å². The standard InChI is InChI=1S/C18H30I6O2/c1-2-12(19)14(21)10-16(23)17(24)11-15(22)13(20)8-6-4-3-5-7-9-18(25)26/h12-17H,2-11H2,1H3,(H,25,26). The smallest absolute Gasteiger partial charge is 0.303 e. The highest BCUT2D eigenvalue weighted by atomic mass is 127. The number of unbranched alkanes of at least 4 members (excludes halogenated alkanes) is 4. The first-order chi connectivity index (χ1) is 12.2. The van der Waals surface area contributed by atoms with Crippen LogP contribution in [0.1, 0.15) is 71.1 Å². The Morgan fingerprint density at radius 2 is 1.12 bits per heavy atom. The topological polar surface area (TPSA) is 37.3 Å². The van der Waals surface area contributed by atoms with Crippen LogP contribution in [0.4, 0.5) is 0 Å². The molecule has 2 nitrogen and oxygen atoms in total. The van der Waals surface area contributed by atoms with Crippen molar-refractivity contribution < 1.29 is 9.90 Å². The third kappa shape index (κ3) is 15.6. The van der Waals surface area contributed by atoms with Gasteiger partial charge in [0.25, 0.3) is 0 Å². The molecule has 0 aromatic carbocycles. The van der Waals surface area contributed by atoms with Crippen LogP contribution in [0.5, 0.6) is 0 Å². The molecule has 0 saturated heterocycles. The Kier molecular flexibility index (Phi) is 21.2. The first-order valence-electron chi connectivity index (χ1n) is 9.25. The highest BCUT2D eigenvalue weighted by Crippen LogP contribution is 2.34. The van der Waals surface area contributed by atoms with Gasteiger partial charge in [0.15, 0.2) is 0 Å². The first kappa shape index (κ1) is 29.9. The molecule has 0 aliphatic rings. The summed E-state index contributed by atoms with van der Waals surface area (Å²) in [6, 6.07) is 0. The molecule has 0 aliphatic carbocycles. The maximum absolute atomic E-state index is 10.5. The van der Waals surface area contributed by atoms with Gasteiger partial charge in [-0.2, -0.15) is 0 Å². The van der Waals surface area contributed by atoms with Gasteiger partial charge in [-0.05, 0) is 32.1 Å². The molecule has 0 amide bonds. The lowest BCUT2D eigenvalue weighted by Crippen LogP contribution is -2.27. The molecule has 0 saturated carbocycles. The Balaban J connectivity index is 3.94. The second-order valence-corrected chi connectivity index (χ2v) is 16.3. The summed E-state index contributed by atoms with van der Waals surface area (Å²) in [5.41, 5.74) is 0. The molecule has 156 valence electrons. The van der Waals surface area contributed by atoms with Crippen LogP contribution in [0.2, 0.25) is 0 Å². The average molecular weight is 1040 g/mol. The van der Waals surface area contributed by atoms with Crippen LogP contribution in [0.3, 0.4) is 0 Å². The predicted octanol–water partition coefficient (Wildman–Crippen LogP) is 8.81. The molecule has 0 rings (SSSR count). The van der Waals surface area contributed by atoms with E-state index in [2.05, 4.69) is 142 Å². The lowest BCUT2D eigenvalue weighted by atomic mass is 10.0. The summed E-state index contributed by atoms with van der Waals surface area (Å²) in [7, 11) is 0. The lowest BCUT2D eigenvalue weighted by Gasteiger charge is -2.25. The van der Waals surface area contributed by atoms with Crippen LogP contribution in [-0.4, -0.2) is 34.6 Å². The highest BCUT2D eigenvalue weighted by molar-refractivity contribution is 14.1. The molecule has 0 aromatic heterocycles. The number of rotatable bonds is 16. The monoisotopic (exact) mass is 1040 g/mol. The highest BCUT2D eigenvalue weighted by Gasteiger charge is 2.26.